The van der Waals surface area contributed by atoms with Gasteiger partial charge in [-0.05, 0) is 31.7 Å². The van der Waals surface area contributed by atoms with Crippen LogP contribution in [0.15, 0.2) is 11.6 Å². The molecule has 3 aliphatic rings. The molecule has 1 saturated heterocycles. The van der Waals surface area contributed by atoms with Gasteiger partial charge in [0.25, 0.3) is 0 Å². The number of allylic oxidation sites excluding steroid dienone is 1. The molecule has 84 valence electrons. The topological polar surface area (TPSA) is 20.3 Å². The Morgan fingerprint density at radius 3 is 2.87 bits per heavy atom. The van der Waals surface area contributed by atoms with E-state index < -0.39 is 0 Å². The van der Waals surface area contributed by atoms with Gasteiger partial charge in [0.15, 0.2) is 5.78 Å². The van der Waals surface area contributed by atoms with Crippen molar-refractivity contribution >= 4 is 5.78 Å². The summed E-state index contributed by atoms with van der Waals surface area (Å²) in [5.41, 5.74) is 1.09. The number of rotatable bonds is 2. The van der Waals surface area contributed by atoms with E-state index in [1.165, 1.54) is 12.8 Å². The van der Waals surface area contributed by atoms with Crippen molar-refractivity contribution in [1.82, 2.24) is 4.90 Å². The lowest BCUT2D eigenvalue weighted by Crippen LogP contribution is -2.41. The van der Waals surface area contributed by atoms with Crippen molar-refractivity contribution in [3.05, 3.63) is 11.6 Å². The zero-order chi connectivity index (χ0) is 11.0. The smallest absolute Gasteiger partial charge is 0.159 e. The van der Waals surface area contributed by atoms with Crippen LogP contribution in [-0.2, 0) is 4.79 Å². The average Bonchev–Trinajstić information content (AvgIpc) is 2.45. The average molecular weight is 207 g/mol. The molecule has 0 aromatic rings. The molecule has 1 aliphatic carbocycles. The molecule has 3 rings (SSSR count). The van der Waals surface area contributed by atoms with E-state index in [4.69, 9.17) is 0 Å². The Labute approximate surface area is 92.3 Å². The van der Waals surface area contributed by atoms with Crippen molar-refractivity contribution in [1.29, 1.82) is 0 Å². The Morgan fingerprint density at radius 1 is 1.53 bits per heavy atom. The normalized spacial score (nSPS) is 36.2. The summed E-state index contributed by atoms with van der Waals surface area (Å²) in [5.74, 6) is 1.68. The first-order valence-electron chi connectivity index (χ1n) is 6.08. The highest BCUT2D eigenvalue weighted by Crippen LogP contribution is 2.36. The molecule has 0 aromatic heterocycles. The van der Waals surface area contributed by atoms with Gasteiger partial charge >= 0.3 is 0 Å². The van der Waals surface area contributed by atoms with E-state index in [1.807, 2.05) is 6.92 Å². The van der Waals surface area contributed by atoms with Gasteiger partial charge in [0, 0.05) is 24.6 Å². The Morgan fingerprint density at radius 2 is 2.27 bits per heavy atom. The number of fused-ring (bicyclic) bond motifs is 3. The highest BCUT2D eigenvalue weighted by atomic mass is 16.1. The molecule has 0 aromatic carbocycles. The Bertz CT molecular complexity index is 295. The molecule has 2 heteroatoms. The highest BCUT2D eigenvalue weighted by molar-refractivity contribution is 5.96. The van der Waals surface area contributed by atoms with Crippen LogP contribution >= 0.6 is 0 Å². The SMILES string of the molecule is CCC(=O)C1=CC(C)C2CCC1N(C)C2. The second kappa shape index (κ2) is 4.09. The third kappa shape index (κ3) is 1.87. The number of nitrogens with zero attached hydrogens (tertiary/aromatic N) is 1. The fourth-order valence-corrected chi connectivity index (χ4v) is 3.02. The fraction of sp³-hybridized carbons (Fsp3) is 0.769. The number of ketones is 1. The van der Waals surface area contributed by atoms with Crippen LogP contribution in [0.3, 0.4) is 0 Å². The van der Waals surface area contributed by atoms with Crippen LogP contribution in [0.4, 0.5) is 0 Å². The summed E-state index contributed by atoms with van der Waals surface area (Å²) in [7, 11) is 2.16. The van der Waals surface area contributed by atoms with Gasteiger partial charge in [-0.2, -0.15) is 0 Å². The van der Waals surface area contributed by atoms with Gasteiger partial charge in [0.1, 0.15) is 0 Å². The number of carbonyl (C=O) groups is 1. The minimum absolute atomic E-state index is 0.348. The van der Waals surface area contributed by atoms with Crippen molar-refractivity contribution in [3.8, 4) is 0 Å². The molecule has 3 atom stereocenters. The summed E-state index contributed by atoms with van der Waals surface area (Å²) in [5, 5.41) is 0. The summed E-state index contributed by atoms with van der Waals surface area (Å²) in [6.07, 6.45) is 5.35. The number of likely N-dealkylation sites (N-methyl/N-ethyl adjacent to an activating group) is 1. The fourth-order valence-electron chi connectivity index (χ4n) is 3.02. The van der Waals surface area contributed by atoms with E-state index in [1.54, 1.807) is 0 Å². The van der Waals surface area contributed by atoms with Crippen LogP contribution in [0, 0.1) is 11.8 Å². The molecule has 2 nitrogen and oxygen atoms in total. The monoisotopic (exact) mass is 207 g/mol. The van der Waals surface area contributed by atoms with E-state index >= 15 is 0 Å². The summed E-state index contributed by atoms with van der Waals surface area (Å²) in [4.78, 5) is 14.3. The number of piperidine rings is 1. The van der Waals surface area contributed by atoms with E-state index in [2.05, 4.69) is 24.9 Å². The molecular weight excluding hydrogens is 186 g/mol. The maximum Gasteiger partial charge on any atom is 0.159 e. The lowest BCUT2D eigenvalue weighted by molar-refractivity contribution is -0.116. The van der Waals surface area contributed by atoms with Crippen molar-refractivity contribution in [2.45, 2.75) is 39.2 Å². The first kappa shape index (κ1) is 10.9. The van der Waals surface area contributed by atoms with Gasteiger partial charge in [-0.25, -0.2) is 0 Å². The van der Waals surface area contributed by atoms with Crippen molar-refractivity contribution < 1.29 is 4.79 Å². The van der Waals surface area contributed by atoms with E-state index in [0.717, 1.165) is 18.0 Å². The Hall–Kier alpha value is -0.630. The molecule has 15 heavy (non-hydrogen) atoms. The van der Waals surface area contributed by atoms with Crippen LogP contribution in [0.1, 0.15) is 33.1 Å². The molecule has 0 amide bonds. The maximum atomic E-state index is 11.9. The first-order valence-corrected chi connectivity index (χ1v) is 6.08. The predicted octanol–water partition coefficient (Wildman–Crippen LogP) is 2.25. The van der Waals surface area contributed by atoms with Gasteiger partial charge in [0.05, 0.1) is 0 Å². The van der Waals surface area contributed by atoms with Crippen molar-refractivity contribution in [3.63, 3.8) is 0 Å². The summed E-state index contributed by atoms with van der Waals surface area (Å²) in [6, 6.07) is 0.402. The van der Waals surface area contributed by atoms with E-state index in [9.17, 15) is 4.79 Å². The van der Waals surface area contributed by atoms with Gasteiger partial charge in [-0.1, -0.05) is 19.9 Å². The predicted molar refractivity (Wildman–Crippen MR) is 61.7 cm³/mol. The van der Waals surface area contributed by atoms with Crippen LogP contribution in [0.25, 0.3) is 0 Å². The summed E-state index contributed by atoms with van der Waals surface area (Å²) < 4.78 is 0. The first-order chi connectivity index (χ1) is 7.13. The number of hydrogen-bond donors (Lipinski definition) is 0. The van der Waals surface area contributed by atoms with Crippen molar-refractivity contribution in [2.24, 2.45) is 11.8 Å². The molecule has 2 aliphatic heterocycles. The standard InChI is InChI=1S/C13H21NO/c1-4-13(15)11-7-9(2)10-5-6-12(11)14(3)8-10/h7,9-10,12H,4-6,8H2,1-3H3. The van der Waals surface area contributed by atoms with Crippen LogP contribution in [-0.4, -0.2) is 30.3 Å². The number of hydrogen-bond acceptors (Lipinski definition) is 2. The molecule has 0 spiro atoms. The van der Waals surface area contributed by atoms with E-state index in [0.29, 0.717) is 24.2 Å². The van der Waals surface area contributed by atoms with Crippen LogP contribution in [0.2, 0.25) is 0 Å². The Kier molecular flexibility index (Phi) is 2.96. The highest BCUT2D eigenvalue weighted by Gasteiger charge is 2.35. The van der Waals surface area contributed by atoms with Gasteiger partial charge < -0.3 is 0 Å². The molecule has 3 unspecified atom stereocenters. The third-order valence-corrected chi connectivity index (χ3v) is 4.05. The lowest BCUT2D eigenvalue weighted by atomic mass is 9.88. The Balaban J connectivity index is 2.31. The van der Waals surface area contributed by atoms with Gasteiger partial charge in [-0.15, -0.1) is 0 Å². The second-order valence-corrected chi connectivity index (χ2v) is 5.05. The van der Waals surface area contributed by atoms with Gasteiger partial charge in [-0.3, -0.25) is 9.69 Å². The van der Waals surface area contributed by atoms with E-state index in [-0.39, 0.29) is 0 Å². The molecule has 1 fully saturated rings. The quantitative estimate of drug-likeness (QED) is 0.692. The van der Waals surface area contributed by atoms with Gasteiger partial charge in [0.2, 0.25) is 0 Å². The second-order valence-electron chi connectivity index (χ2n) is 5.05. The van der Waals surface area contributed by atoms with Crippen LogP contribution < -0.4 is 0 Å². The molecule has 0 radical (unpaired) electrons. The zero-order valence-electron chi connectivity index (χ0n) is 9.99. The molecule has 2 bridgehead atoms. The summed E-state index contributed by atoms with van der Waals surface area (Å²) >= 11 is 0. The number of Topliss-reactive ketones (excluding diaryl/α,β-unsaturated/α-hetero) is 1. The molecular formula is C13H21NO. The molecule has 0 N–H and O–H groups in total. The summed E-state index contributed by atoms with van der Waals surface area (Å²) in [6.45, 7) is 5.38. The maximum absolute atomic E-state index is 11.9. The third-order valence-electron chi connectivity index (χ3n) is 4.05. The van der Waals surface area contributed by atoms with Crippen LogP contribution in [0.5, 0.6) is 0 Å². The lowest BCUT2D eigenvalue weighted by Gasteiger charge is -2.36. The zero-order valence-corrected chi connectivity index (χ0v) is 9.99. The molecule has 0 saturated carbocycles. The van der Waals surface area contributed by atoms with Crippen molar-refractivity contribution in [2.75, 3.05) is 13.6 Å². The molecule has 2 heterocycles. The minimum Gasteiger partial charge on any atom is -0.299 e. The minimum atomic E-state index is 0.348. The largest absolute Gasteiger partial charge is 0.299 e. The number of carbonyl (C=O) groups excluding carboxylic acids is 1.